The predicted molar refractivity (Wildman–Crippen MR) is 50.7 cm³/mol. The Hall–Kier alpha value is -1.43. The molecule has 68 valence electrons. The third-order valence-electron chi connectivity index (χ3n) is 1.23. The lowest BCUT2D eigenvalue weighted by molar-refractivity contribution is 0.0972. The maximum atomic E-state index is 11.2. The van der Waals surface area contributed by atoms with Crippen molar-refractivity contribution >= 4 is 22.8 Å². The average molecular weight is 196 g/mol. The van der Waals surface area contributed by atoms with Gasteiger partial charge in [-0.05, 0) is 6.26 Å². The second-order valence-corrected chi connectivity index (χ2v) is 2.89. The van der Waals surface area contributed by atoms with Crippen molar-refractivity contribution in [3.05, 3.63) is 24.3 Å². The Balaban J connectivity index is 2.65. The number of nitrogens with one attached hydrogen (secondary N) is 2. The van der Waals surface area contributed by atoms with E-state index in [2.05, 4.69) is 15.3 Å². The molecule has 6 heteroatoms. The number of rotatable bonds is 1. The van der Waals surface area contributed by atoms with E-state index in [0.717, 1.165) is 11.8 Å². The highest BCUT2D eigenvalue weighted by molar-refractivity contribution is 8.13. The highest BCUT2D eigenvalue weighted by Crippen LogP contribution is 1.94. The number of aromatic nitrogens is 2. The molecule has 1 aromatic heterocycles. The summed E-state index contributed by atoms with van der Waals surface area (Å²) in [6.45, 7) is 0. The second-order valence-electron chi connectivity index (χ2n) is 2.08. The van der Waals surface area contributed by atoms with Crippen LogP contribution in [0.1, 0.15) is 10.5 Å². The van der Waals surface area contributed by atoms with Gasteiger partial charge in [0.1, 0.15) is 5.69 Å². The molecule has 2 N–H and O–H groups in total. The van der Waals surface area contributed by atoms with Crippen molar-refractivity contribution in [1.29, 1.82) is 5.41 Å². The van der Waals surface area contributed by atoms with Crippen molar-refractivity contribution in [2.75, 3.05) is 6.26 Å². The Bertz CT molecular complexity index is 314. The molecule has 1 aromatic rings. The van der Waals surface area contributed by atoms with Crippen LogP contribution in [-0.2, 0) is 0 Å². The molecule has 0 bridgehead atoms. The number of hydrogen-bond acceptors (Lipinski definition) is 5. The van der Waals surface area contributed by atoms with Gasteiger partial charge in [-0.3, -0.25) is 15.2 Å². The molecule has 0 aromatic carbocycles. The molecule has 13 heavy (non-hydrogen) atoms. The van der Waals surface area contributed by atoms with Gasteiger partial charge in [0.25, 0.3) is 5.91 Å². The Morgan fingerprint density at radius 1 is 1.62 bits per heavy atom. The van der Waals surface area contributed by atoms with Crippen LogP contribution in [0.2, 0.25) is 0 Å². The minimum atomic E-state index is -0.410. The zero-order valence-electron chi connectivity index (χ0n) is 6.94. The van der Waals surface area contributed by atoms with Gasteiger partial charge in [-0.15, -0.1) is 0 Å². The quantitative estimate of drug-likeness (QED) is 0.506. The molecule has 0 aliphatic rings. The Labute approximate surface area is 79.5 Å². The van der Waals surface area contributed by atoms with Gasteiger partial charge in [0.05, 0.1) is 6.20 Å². The summed E-state index contributed by atoms with van der Waals surface area (Å²) in [6.07, 6.45) is 5.97. The molecule has 0 aliphatic carbocycles. The fourth-order valence-corrected chi connectivity index (χ4v) is 0.829. The maximum absolute atomic E-state index is 11.2. The first kappa shape index (κ1) is 9.66. The van der Waals surface area contributed by atoms with E-state index < -0.39 is 5.91 Å². The van der Waals surface area contributed by atoms with Crippen LogP contribution in [0.4, 0.5) is 0 Å². The summed E-state index contributed by atoms with van der Waals surface area (Å²) in [6, 6.07) is 0. The SMILES string of the molecule is CSC(=N)NC(=O)c1cnccn1. The van der Waals surface area contributed by atoms with Crippen molar-refractivity contribution < 1.29 is 4.79 Å². The highest BCUT2D eigenvalue weighted by atomic mass is 32.2. The van der Waals surface area contributed by atoms with Crippen molar-refractivity contribution in [1.82, 2.24) is 15.3 Å². The molecule has 0 fully saturated rings. The molecule has 0 atom stereocenters. The van der Waals surface area contributed by atoms with Gasteiger partial charge in [-0.1, -0.05) is 11.8 Å². The number of hydrogen-bond donors (Lipinski definition) is 2. The lowest BCUT2D eigenvalue weighted by Crippen LogP contribution is -2.28. The minimum absolute atomic E-state index is 0.0932. The number of carbonyl (C=O) groups is 1. The lowest BCUT2D eigenvalue weighted by Gasteiger charge is -2.01. The molecular weight excluding hydrogens is 188 g/mol. The summed E-state index contributed by atoms with van der Waals surface area (Å²) in [5.41, 5.74) is 0.210. The summed E-state index contributed by atoms with van der Waals surface area (Å²) >= 11 is 1.15. The van der Waals surface area contributed by atoms with Gasteiger partial charge in [-0.2, -0.15) is 0 Å². The Morgan fingerprint density at radius 3 is 2.92 bits per heavy atom. The van der Waals surface area contributed by atoms with Crippen LogP contribution in [0.5, 0.6) is 0 Å². The topological polar surface area (TPSA) is 78.7 Å². The molecule has 0 saturated heterocycles. The monoisotopic (exact) mass is 196 g/mol. The molecule has 0 unspecified atom stereocenters. The summed E-state index contributed by atoms with van der Waals surface area (Å²) in [4.78, 5) is 18.8. The second kappa shape index (κ2) is 4.56. The normalized spacial score (nSPS) is 9.31. The molecule has 0 saturated carbocycles. The van der Waals surface area contributed by atoms with Crippen molar-refractivity contribution in [2.24, 2.45) is 0 Å². The largest absolute Gasteiger partial charge is 0.300 e. The molecule has 0 spiro atoms. The molecular formula is C7H8N4OS. The molecule has 1 heterocycles. The Morgan fingerprint density at radius 2 is 2.38 bits per heavy atom. The van der Waals surface area contributed by atoms with E-state index in [0.29, 0.717) is 0 Å². The number of nitrogens with zero attached hydrogens (tertiary/aromatic N) is 2. The average Bonchev–Trinajstić information content (AvgIpc) is 2.19. The summed E-state index contributed by atoms with van der Waals surface area (Å²) in [5, 5.41) is 9.64. The van der Waals surface area contributed by atoms with Crippen LogP contribution < -0.4 is 5.32 Å². The van der Waals surface area contributed by atoms with Crippen molar-refractivity contribution in [3.8, 4) is 0 Å². The molecule has 0 radical (unpaired) electrons. The van der Waals surface area contributed by atoms with Crippen LogP contribution in [0, 0.1) is 5.41 Å². The van der Waals surface area contributed by atoms with Crippen LogP contribution in [0.25, 0.3) is 0 Å². The highest BCUT2D eigenvalue weighted by Gasteiger charge is 2.07. The first-order valence-electron chi connectivity index (χ1n) is 3.44. The van der Waals surface area contributed by atoms with Crippen LogP contribution in [0.3, 0.4) is 0 Å². The molecule has 1 rings (SSSR count). The van der Waals surface area contributed by atoms with Crippen LogP contribution in [-0.4, -0.2) is 27.3 Å². The number of amides is 1. The summed E-state index contributed by atoms with van der Waals surface area (Å²) in [5.74, 6) is -0.410. The zero-order chi connectivity index (χ0) is 9.68. The Kier molecular flexibility index (Phi) is 3.39. The number of thioether (sulfide) groups is 1. The fourth-order valence-electron chi connectivity index (χ4n) is 0.635. The molecule has 0 aliphatic heterocycles. The predicted octanol–water partition coefficient (Wildman–Crippen LogP) is 0.504. The van der Waals surface area contributed by atoms with E-state index in [-0.39, 0.29) is 10.9 Å². The van der Waals surface area contributed by atoms with Crippen molar-refractivity contribution in [3.63, 3.8) is 0 Å². The number of carbonyl (C=O) groups excluding carboxylic acids is 1. The van der Waals surface area contributed by atoms with Gasteiger partial charge >= 0.3 is 0 Å². The standard InChI is InChI=1S/C7H8N4OS/c1-13-7(8)11-6(12)5-4-9-2-3-10-5/h2-4H,1H3,(H2,8,11,12). The van der Waals surface area contributed by atoms with E-state index in [1.54, 1.807) is 6.26 Å². The van der Waals surface area contributed by atoms with Crippen molar-refractivity contribution in [2.45, 2.75) is 0 Å². The summed E-state index contributed by atoms with van der Waals surface area (Å²) < 4.78 is 0. The smallest absolute Gasteiger partial charge is 0.277 e. The van der Waals surface area contributed by atoms with E-state index in [1.807, 2.05) is 0 Å². The van der Waals surface area contributed by atoms with E-state index in [4.69, 9.17) is 5.41 Å². The summed E-state index contributed by atoms with van der Waals surface area (Å²) in [7, 11) is 0. The lowest BCUT2D eigenvalue weighted by atomic mass is 10.4. The number of amidine groups is 1. The van der Waals surface area contributed by atoms with E-state index in [1.165, 1.54) is 18.6 Å². The minimum Gasteiger partial charge on any atom is -0.300 e. The third-order valence-corrected chi connectivity index (χ3v) is 1.74. The van der Waals surface area contributed by atoms with E-state index >= 15 is 0 Å². The molecule has 5 nitrogen and oxygen atoms in total. The van der Waals surface area contributed by atoms with Gasteiger partial charge in [-0.25, -0.2) is 4.98 Å². The molecule has 1 amide bonds. The van der Waals surface area contributed by atoms with Gasteiger partial charge in [0, 0.05) is 12.4 Å². The fraction of sp³-hybridized carbons (Fsp3) is 0.143. The van der Waals surface area contributed by atoms with E-state index in [9.17, 15) is 4.79 Å². The first-order chi connectivity index (χ1) is 6.24. The van der Waals surface area contributed by atoms with Gasteiger partial charge in [0.15, 0.2) is 5.17 Å². The zero-order valence-corrected chi connectivity index (χ0v) is 7.76. The van der Waals surface area contributed by atoms with Crippen LogP contribution in [0.15, 0.2) is 18.6 Å². The maximum Gasteiger partial charge on any atom is 0.277 e. The van der Waals surface area contributed by atoms with Crippen LogP contribution >= 0.6 is 11.8 Å². The van der Waals surface area contributed by atoms with Gasteiger partial charge < -0.3 is 5.32 Å². The first-order valence-corrected chi connectivity index (χ1v) is 4.66. The third kappa shape index (κ3) is 2.83. The van der Waals surface area contributed by atoms with Gasteiger partial charge in [0.2, 0.25) is 0 Å².